The molecule has 3 aliphatic heterocycles. The van der Waals surface area contributed by atoms with E-state index in [4.69, 9.17) is 4.74 Å². The fourth-order valence-electron chi connectivity index (χ4n) is 5.39. The largest absolute Gasteiger partial charge is 0.379 e. The van der Waals surface area contributed by atoms with Gasteiger partial charge in [0.2, 0.25) is 0 Å². The van der Waals surface area contributed by atoms with E-state index in [9.17, 15) is 14.0 Å². The lowest BCUT2D eigenvalue weighted by molar-refractivity contribution is -0.110. The predicted molar refractivity (Wildman–Crippen MR) is 129 cm³/mol. The average Bonchev–Trinajstić information content (AvgIpc) is 3.29. The number of amides is 2. The normalized spacial score (nSPS) is 22.2. The number of anilines is 1. The molecule has 1 unspecified atom stereocenters. The number of aryl methyl sites for hydroxylation is 1. The van der Waals surface area contributed by atoms with Crippen LogP contribution in [0.4, 0.5) is 10.1 Å². The SMILES string of the molecule is Cc1[nH]c(/C=C2\C(=O)Nc3ccc(F)cc32)c(C)c1C(=O)N1CCCC(CN2CCOCC2)C1. The van der Waals surface area contributed by atoms with Gasteiger partial charge in [0.15, 0.2) is 0 Å². The Morgan fingerprint density at radius 1 is 1.24 bits per heavy atom. The molecule has 2 amide bonds. The number of piperidine rings is 1. The van der Waals surface area contributed by atoms with Crippen LogP contribution in [-0.4, -0.2) is 72.5 Å². The van der Waals surface area contributed by atoms with Gasteiger partial charge in [-0.15, -0.1) is 0 Å². The number of nitrogens with one attached hydrogen (secondary N) is 2. The van der Waals surface area contributed by atoms with Crippen LogP contribution in [0.3, 0.4) is 0 Å². The summed E-state index contributed by atoms with van der Waals surface area (Å²) in [5.74, 6) is -0.175. The molecule has 2 N–H and O–H groups in total. The van der Waals surface area contributed by atoms with Gasteiger partial charge >= 0.3 is 0 Å². The van der Waals surface area contributed by atoms with Gasteiger partial charge < -0.3 is 19.9 Å². The lowest BCUT2D eigenvalue weighted by atomic mass is 9.96. The van der Waals surface area contributed by atoms with Gasteiger partial charge in [-0.05, 0) is 62.4 Å². The Morgan fingerprint density at radius 2 is 2.03 bits per heavy atom. The highest BCUT2D eigenvalue weighted by Crippen LogP contribution is 2.34. The summed E-state index contributed by atoms with van der Waals surface area (Å²) in [6.07, 6.45) is 3.86. The molecule has 0 bridgehead atoms. The second-order valence-electron chi connectivity index (χ2n) is 9.54. The molecule has 7 nitrogen and oxygen atoms in total. The molecule has 0 radical (unpaired) electrons. The first kappa shape index (κ1) is 22.8. The van der Waals surface area contributed by atoms with Gasteiger partial charge in [-0.25, -0.2) is 4.39 Å². The molecule has 1 atom stereocenters. The topological polar surface area (TPSA) is 77.7 Å². The van der Waals surface area contributed by atoms with E-state index in [0.29, 0.717) is 34.0 Å². The van der Waals surface area contributed by atoms with Crippen LogP contribution in [0.15, 0.2) is 18.2 Å². The van der Waals surface area contributed by atoms with Crippen LogP contribution in [0, 0.1) is 25.6 Å². The monoisotopic (exact) mass is 466 g/mol. The third kappa shape index (κ3) is 4.40. The van der Waals surface area contributed by atoms with Gasteiger partial charge in [0.1, 0.15) is 5.82 Å². The zero-order chi connectivity index (χ0) is 23.8. The molecule has 2 saturated heterocycles. The van der Waals surface area contributed by atoms with Gasteiger partial charge in [-0.2, -0.15) is 0 Å². The number of ether oxygens (including phenoxy) is 1. The number of rotatable bonds is 4. The molecule has 34 heavy (non-hydrogen) atoms. The fraction of sp³-hybridized carbons (Fsp3) is 0.462. The molecule has 0 spiro atoms. The summed E-state index contributed by atoms with van der Waals surface area (Å²) in [4.78, 5) is 33.8. The molecule has 2 aromatic rings. The summed E-state index contributed by atoms with van der Waals surface area (Å²) in [7, 11) is 0. The fourth-order valence-corrected chi connectivity index (χ4v) is 5.39. The van der Waals surface area contributed by atoms with Crippen molar-refractivity contribution in [3.05, 3.63) is 52.1 Å². The number of aromatic amines is 1. The van der Waals surface area contributed by atoms with Gasteiger partial charge in [0, 0.05) is 55.4 Å². The Balaban J connectivity index is 1.36. The molecule has 8 heteroatoms. The molecule has 1 aromatic heterocycles. The summed E-state index contributed by atoms with van der Waals surface area (Å²) >= 11 is 0. The molecule has 0 saturated carbocycles. The number of fused-ring (bicyclic) bond motifs is 1. The summed E-state index contributed by atoms with van der Waals surface area (Å²) in [6, 6.07) is 4.25. The standard InChI is InChI=1S/C26H31FN4O3/c1-16-23(13-21-20-12-19(27)5-6-22(20)29-25(21)32)28-17(2)24(16)26(33)31-7-3-4-18(15-31)14-30-8-10-34-11-9-30/h5-6,12-13,18,28H,3-4,7-11,14-15H2,1-2H3,(H,29,32)/b21-13-. The Bertz CT molecular complexity index is 1150. The lowest BCUT2D eigenvalue weighted by Gasteiger charge is -2.37. The number of hydrogen-bond acceptors (Lipinski definition) is 4. The first-order valence-corrected chi connectivity index (χ1v) is 12.0. The minimum atomic E-state index is -0.395. The van der Waals surface area contributed by atoms with E-state index in [-0.39, 0.29) is 11.8 Å². The minimum Gasteiger partial charge on any atom is -0.379 e. The Kier molecular flexibility index (Phi) is 6.27. The summed E-state index contributed by atoms with van der Waals surface area (Å²) < 4.78 is 19.3. The van der Waals surface area contributed by atoms with E-state index in [1.165, 1.54) is 12.1 Å². The van der Waals surface area contributed by atoms with Crippen molar-refractivity contribution in [1.29, 1.82) is 0 Å². The van der Waals surface area contributed by atoms with Gasteiger partial charge in [-0.1, -0.05) is 0 Å². The third-order valence-electron chi connectivity index (χ3n) is 7.17. The van der Waals surface area contributed by atoms with Crippen molar-refractivity contribution in [2.24, 2.45) is 5.92 Å². The van der Waals surface area contributed by atoms with Crippen molar-refractivity contribution in [3.8, 4) is 0 Å². The maximum atomic E-state index is 13.8. The number of carbonyl (C=O) groups is 2. The molecule has 1 aromatic carbocycles. The van der Waals surface area contributed by atoms with E-state index in [0.717, 1.165) is 70.0 Å². The quantitative estimate of drug-likeness (QED) is 0.677. The van der Waals surface area contributed by atoms with Crippen LogP contribution in [0.5, 0.6) is 0 Å². The maximum Gasteiger partial charge on any atom is 0.256 e. The van der Waals surface area contributed by atoms with Crippen molar-refractivity contribution in [1.82, 2.24) is 14.8 Å². The van der Waals surface area contributed by atoms with Crippen LogP contribution >= 0.6 is 0 Å². The van der Waals surface area contributed by atoms with Crippen molar-refractivity contribution in [2.45, 2.75) is 26.7 Å². The zero-order valence-electron chi connectivity index (χ0n) is 19.7. The van der Waals surface area contributed by atoms with Crippen molar-refractivity contribution in [3.63, 3.8) is 0 Å². The van der Waals surface area contributed by atoms with Crippen LogP contribution in [0.2, 0.25) is 0 Å². The number of H-pyrrole nitrogens is 1. The smallest absolute Gasteiger partial charge is 0.256 e. The number of aromatic nitrogens is 1. The molecule has 5 rings (SSSR count). The first-order valence-electron chi connectivity index (χ1n) is 12.0. The molecular weight excluding hydrogens is 435 g/mol. The second-order valence-corrected chi connectivity index (χ2v) is 9.54. The summed E-state index contributed by atoms with van der Waals surface area (Å²) in [5.41, 5.74) is 4.47. The number of morpholine rings is 1. The molecule has 2 fully saturated rings. The number of hydrogen-bond donors (Lipinski definition) is 2. The van der Waals surface area contributed by atoms with E-state index in [1.54, 1.807) is 12.1 Å². The Hall–Kier alpha value is -2.97. The van der Waals surface area contributed by atoms with Gasteiger partial charge in [0.25, 0.3) is 11.8 Å². The van der Waals surface area contributed by atoms with Crippen molar-refractivity contribution in [2.75, 3.05) is 51.3 Å². The van der Waals surface area contributed by atoms with E-state index < -0.39 is 5.82 Å². The minimum absolute atomic E-state index is 0.0323. The number of halogens is 1. The van der Waals surface area contributed by atoms with Crippen LogP contribution in [0.1, 0.15) is 45.7 Å². The van der Waals surface area contributed by atoms with E-state index in [2.05, 4.69) is 15.2 Å². The predicted octanol–water partition coefficient (Wildman–Crippen LogP) is 3.45. The number of likely N-dealkylation sites (tertiary alicyclic amines) is 1. The average molecular weight is 467 g/mol. The lowest BCUT2D eigenvalue weighted by Crippen LogP contribution is -2.46. The number of nitrogens with zero attached hydrogens (tertiary/aromatic N) is 2. The highest BCUT2D eigenvalue weighted by molar-refractivity contribution is 6.34. The second kappa shape index (κ2) is 9.35. The molecular formula is C26H31FN4O3. The van der Waals surface area contributed by atoms with Crippen LogP contribution in [0.25, 0.3) is 11.6 Å². The Labute approximate surface area is 199 Å². The first-order chi connectivity index (χ1) is 16.4. The van der Waals surface area contributed by atoms with Crippen molar-refractivity contribution >= 4 is 29.2 Å². The van der Waals surface area contributed by atoms with Crippen LogP contribution in [-0.2, 0) is 9.53 Å². The summed E-state index contributed by atoms with van der Waals surface area (Å²) in [5, 5.41) is 2.77. The van der Waals surface area contributed by atoms with Crippen LogP contribution < -0.4 is 5.32 Å². The van der Waals surface area contributed by atoms with E-state index in [1.807, 2.05) is 18.7 Å². The highest BCUT2D eigenvalue weighted by Gasteiger charge is 2.30. The molecule has 3 aliphatic rings. The van der Waals surface area contributed by atoms with E-state index >= 15 is 0 Å². The number of carbonyl (C=O) groups excluding carboxylic acids is 2. The molecule has 180 valence electrons. The highest BCUT2D eigenvalue weighted by atomic mass is 19.1. The number of benzene rings is 1. The molecule has 4 heterocycles. The van der Waals surface area contributed by atoms with Gasteiger partial charge in [0.05, 0.1) is 24.4 Å². The Morgan fingerprint density at radius 3 is 2.82 bits per heavy atom. The summed E-state index contributed by atoms with van der Waals surface area (Å²) in [6.45, 7) is 9.78. The van der Waals surface area contributed by atoms with Crippen molar-refractivity contribution < 1.29 is 18.7 Å². The zero-order valence-corrected chi connectivity index (χ0v) is 19.7. The van der Waals surface area contributed by atoms with Gasteiger partial charge in [-0.3, -0.25) is 14.5 Å². The maximum absolute atomic E-state index is 13.8. The molecule has 0 aliphatic carbocycles. The third-order valence-corrected chi connectivity index (χ3v) is 7.17.